The fraction of sp³-hybridized carbons (Fsp3) is 0.778. The molecule has 1 heterocycles. The van der Waals surface area contributed by atoms with Crippen molar-refractivity contribution >= 4 is 11.9 Å². The maximum atomic E-state index is 11.8. The van der Waals surface area contributed by atoms with Crippen LogP contribution in [0.15, 0.2) is 0 Å². The van der Waals surface area contributed by atoms with Crippen molar-refractivity contribution < 1.29 is 19.8 Å². The van der Waals surface area contributed by atoms with Crippen LogP contribution in [0.2, 0.25) is 0 Å². The highest BCUT2D eigenvalue weighted by Gasteiger charge is 2.42. The van der Waals surface area contributed by atoms with Crippen LogP contribution in [0.25, 0.3) is 0 Å². The van der Waals surface area contributed by atoms with Gasteiger partial charge in [-0.1, -0.05) is 0 Å². The summed E-state index contributed by atoms with van der Waals surface area (Å²) in [4.78, 5) is 23.7. The van der Waals surface area contributed by atoms with E-state index in [0.717, 1.165) is 4.90 Å². The highest BCUT2D eigenvalue weighted by molar-refractivity contribution is 5.90. The van der Waals surface area contributed by atoms with E-state index in [1.807, 2.05) is 0 Å². The molecule has 15 heavy (non-hydrogen) atoms. The molecule has 2 atom stereocenters. The third-order valence-corrected chi connectivity index (χ3v) is 2.38. The van der Waals surface area contributed by atoms with E-state index in [1.165, 1.54) is 13.8 Å². The summed E-state index contributed by atoms with van der Waals surface area (Å²) in [6.07, 6.45) is -0.714. The minimum atomic E-state index is -1.11. The van der Waals surface area contributed by atoms with E-state index >= 15 is 0 Å². The molecule has 0 bridgehead atoms. The molecule has 0 aliphatic carbocycles. The van der Waals surface area contributed by atoms with E-state index in [2.05, 4.69) is 0 Å². The number of carboxylic acid groups (broad SMARTS) is 1. The summed E-state index contributed by atoms with van der Waals surface area (Å²) >= 11 is 0. The molecule has 0 spiro atoms. The number of nitrogens with two attached hydrogens (primary N) is 1. The number of hydrogen-bond donors (Lipinski definition) is 3. The summed E-state index contributed by atoms with van der Waals surface area (Å²) in [7, 11) is 0. The Morgan fingerprint density at radius 3 is 2.40 bits per heavy atom. The lowest BCUT2D eigenvalue weighted by Gasteiger charge is -2.28. The Labute approximate surface area is 87.7 Å². The van der Waals surface area contributed by atoms with E-state index in [1.54, 1.807) is 0 Å². The number of rotatable bonds is 2. The molecular weight excluding hydrogens is 200 g/mol. The van der Waals surface area contributed by atoms with Gasteiger partial charge in [-0.2, -0.15) is 0 Å². The van der Waals surface area contributed by atoms with Crippen molar-refractivity contribution in [1.82, 2.24) is 4.90 Å². The minimum Gasteiger partial charge on any atom is -0.480 e. The maximum Gasteiger partial charge on any atom is 0.326 e. The molecule has 1 aliphatic heterocycles. The Hall–Kier alpha value is -1.14. The van der Waals surface area contributed by atoms with Crippen molar-refractivity contribution in [1.29, 1.82) is 0 Å². The number of hydrogen-bond acceptors (Lipinski definition) is 4. The fourth-order valence-electron chi connectivity index (χ4n) is 1.64. The van der Waals surface area contributed by atoms with Crippen LogP contribution in [-0.2, 0) is 9.59 Å². The largest absolute Gasteiger partial charge is 0.480 e. The summed E-state index contributed by atoms with van der Waals surface area (Å²) in [6.45, 7) is 3.06. The average Bonchev–Trinajstić information content (AvgIpc) is 2.44. The molecule has 0 saturated carbocycles. The van der Waals surface area contributed by atoms with Gasteiger partial charge < -0.3 is 20.8 Å². The van der Waals surface area contributed by atoms with Gasteiger partial charge in [0.1, 0.15) is 6.04 Å². The Morgan fingerprint density at radius 2 is 2.00 bits per heavy atom. The van der Waals surface area contributed by atoms with Gasteiger partial charge in [0, 0.05) is 13.0 Å². The maximum absolute atomic E-state index is 11.8. The van der Waals surface area contributed by atoms with Gasteiger partial charge >= 0.3 is 5.97 Å². The smallest absolute Gasteiger partial charge is 0.326 e. The van der Waals surface area contributed by atoms with E-state index in [9.17, 15) is 14.7 Å². The van der Waals surface area contributed by atoms with Crippen molar-refractivity contribution in [2.75, 3.05) is 6.54 Å². The molecule has 1 aliphatic rings. The Balaban J connectivity index is 2.85. The van der Waals surface area contributed by atoms with E-state index in [4.69, 9.17) is 10.8 Å². The standard InChI is InChI=1S/C9H16N2O4/c1-9(2,10)8(15)11-4-5(12)3-6(11)7(13)14/h5-6,12H,3-4,10H2,1-2H3,(H,13,14)/t5-,6-/m1/s1. The van der Waals surface area contributed by atoms with Crippen molar-refractivity contribution in [3.8, 4) is 0 Å². The van der Waals surface area contributed by atoms with Crippen LogP contribution in [-0.4, -0.2) is 51.2 Å². The molecule has 6 heteroatoms. The zero-order valence-corrected chi connectivity index (χ0v) is 8.80. The minimum absolute atomic E-state index is 0.0381. The summed E-state index contributed by atoms with van der Waals surface area (Å²) < 4.78 is 0. The molecule has 0 aromatic heterocycles. The normalized spacial score (nSPS) is 26.8. The molecule has 0 unspecified atom stereocenters. The number of carbonyl (C=O) groups excluding carboxylic acids is 1. The van der Waals surface area contributed by atoms with Crippen molar-refractivity contribution in [2.24, 2.45) is 5.73 Å². The van der Waals surface area contributed by atoms with Gasteiger partial charge in [-0.3, -0.25) is 4.79 Å². The van der Waals surface area contributed by atoms with Gasteiger partial charge in [-0.15, -0.1) is 0 Å². The molecule has 4 N–H and O–H groups in total. The van der Waals surface area contributed by atoms with Crippen LogP contribution in [0.5, 0.6) is 0 Å². The van der Waals surface area contributed by atoms with Gasteiger partial charge in [0.25, 0.3) is 0 Å². The highest BCUT2D eigenvalue weighted by Crippen LogP contribution is 2.21. The first-order chi connectivity index (χ1) is 6.73. The van der Waals surface area contributed by atoms with Gasteiger partial charge in [-0.25, -0.2) is 4.79 Å². The van der Waals surface area contributed by atoms with Gasteiger partial charge in [0.05, 0.1) is 11.6 Å². The van der Waals surface area contributed by atoms with Crippen LogP contribution in [0.1, 0.15) is 20.3 Å². The van der Waals surface area contributed by atoms with Crippen LogP contribution >= 0.6 is 0 Å². The first-order valence-electron chi connectivity index (χ1n) is 4.74. The van der Waals surface area contributed by atoms with Gasteiger partial charge in [-0.05, 0) is 13.8 Å². The molecule has 0 radical (unpaired) electrons. The number of likely N-dealkylation sites (tertiary alicyclic amines) is 1. The number of aliphatic carboxylic acids is 1. The molecule has 1 saturated heterocycles. The number of aliphatic hydroxyl groups excluding tert-OH is 1. The van der Waals surface area contributed by atoms with E-state index < -0.39 is 29.6 Å². The molecular formula is C9H16N2O4. The Kier molecular flexibility index (Phi) is 3.01. The Morgan fingerprint density at radius 1 is 1.47 bits per heavy atom. The lowest BCUT2D eigenvalue weighted by atomic mass is 10.0. The van der Waals surface area contributed by atoms with Crippen LogP contribution in [0.3, 0.4) is 0 Å². The third kappa shape index (κ3) is 2.45. The molecule has 0 aromatic rings. The van der Waals surface area contributed by atoms with Crippen LogP contribution in [0, 0.1) is 0 Å². The number of nitrogens with zero attached hydrogens (tertiary/aromatic N) is 1. The van der Waals surface area contributed by atoms with Gasteiger partial charge in [0.15, 0.2) is 0 Å². The summed E-state index contributed by atoms with van der Waals surface area (Å²) in [5.41, 5.74) is 4.49. The molecule has 1 amide bonds. The monoisotopic (exact) mass is 216 g/mol. The second-order valence-electron chi connectivity index (χ2n) is 4.42. The lowest BCUT2D eigenvalue weighted by Crippen LogP contribution is -2.54. The summed E-state index contributed by atoms with van der Waals surface area (Å²) in [5.74, 6) is -1.56. The van der Waals surface area contributed by atoms with Crippen LogP contribution < -0.4 is 5.73 Å². The first kappa shape index (κ1) is 11.9. The summed E-state index contributed by atoms with van der Waals surface area (Å²) in [5, 5.41) is 18.2. The SMILES string of the molecule is CC(C)(N)C(=O)N1C[C@H](O)C[C@@H]1C(=O)O. The number of aliphatic hydroxyl groups is 1. The van der Waals surface area contributed by atoms with Crippen molar-refractivity contribution in [2.45, 2.75) is 38.0 Å². The number of carboxylic acids is 1. The fourth-order valence-corrected chi connectivity index (χ4v) is 1.64. The zero-order chi connectivity index (χ0) is 11.8. The van der Waals surface area contributed by atoms with Gasteiger partial charge in [0.2, 0.25) is 5.91 Å². The second kappa shape index (κ2) is 3.79. The number of β-amino-alcohol motifs (C(OH)–C–C–N with tert-alkyl or cyclic N) is 1. The zero-order valence-electron chi connectivity index (χ0n) is 8.80. The predicted octanol–water partition coefficient (Wildman–Crippen LogP) is -1.23. The number of amides is 1. The molecule has 1 rings (SSSR count). The number of carbonyl (C=O) groups is 2. The average molecular weight is 216 g/mol. The molecule has 86 valence electrons. The van der Waals surface area contributed by atoms with Crippen LogP contribution in [0.4, 0.5) is 0 Å². The first-order valence-corrected chi connectivity index (χ1v) is 4.74. The highest BCUT2D eigenvalue weighted by atomic mass is 16.4. The van der Waals surface area contributed by atoms with E-state index in [0.29, 0.717) is 0 Å². The second-order valence-corrected chi connectivity index (χ2v) is 4.42. The van der Waals surface area contributed by atoms with Crippen molar-refractivity contribution in [3.63, 3.8) is 0 Å². The van der Waals surface area contributed by atoms with Crippen molar-refractivity contribution in [3.05, 3.63) is 0 Å². The Bertz CT molecular complexity index is 284. The summed E-state index contributed by atoms with van der Waals surface area (Å²) in [6, 6.07) is -0.963. The lowest BCUT2D eigenvalue weighted by molar-refractivity contribution is -0.150. The third-order valence-electron chi connectivity index (χ3n) is 2.38. The molecule has 6 nitrogen and oxygen atoms in total. The van der Waals surface area contributed by atoms with E-state index in [-0.39, 0.29) is 13.0 Å². The molecule has 1 fully saturated rings. The topological polar surface area (TPSA) is 104 Å². The predicted molar refractivity (Wildman–Crippen MR) is 52.0 cm³/mol. The quantitative estimate of drug-likeness (QED) is 0.536. The molecule has 0 aromatic carbocycles.